The number of aromatic nitrogens is 2. The molecule has 2 N–H and O–H groups in total. The summed E-state index contributed by atoms with van der Waals surface area (Å²) in [5.74, 6) is 1.82. The average molecular weight is 290 g/mol. The van der Waals surface area contributed by atoms with E-state index in [0.717, 1.165) is 31.2 Å². The third-order valence-electron chi connectivity index (χ3n) is 4.41. The second-order valence-corrected chi connectivity index (χ2v) is 6.14. The summed E-state index contributed by atoms with van der Waals surface area (Å²) in [6.07, 6.45) is 12.2. The molecule has 1 aliphatic carbocycles. The smallest absolute Gasteiger partial charge is 0.131 e. The summed E-state index contributed by atoms with van der Waals surface area (Å²) in [7, 11) is 0. The molecule has 1 aromatic rings. The lowest BCUT2D eigenvalue weighted by molar-refractivity contribution is 0.120. The van der Waals surface area contributed by atoms with Gasteiger partial charge in [-0.15, -0.1) is 0 Å². The number of hydrogen-bond donors (Lipinski definition) is 2. The third kappa shape index (κ3) is 4.56. The fraction of sp³-hybridized carbons (Fsp3) is 0.750. The molecule has 0 spiro atoms. The molecule has 1 saturated carbocycles. The zero-order valence-corrected chi connectivity index (χ0v) is 12.7. The van der Waals surface area contributed by atoms with Crippen LogP contribution in [0.2, 0.25) is 0 Å². The van der Waals surface area contributed by atoms with Crippen molar-refractivity contribution in [2.45, 2.75) is 63.5 Å². The van der Waals surface area contributed by atoms with Crippen molar-refractivity contribution in [1.29, 1.82) is 0 Å². The van der Waals surface area contributed by atoms with E-state index in [1.54, 1.807) is 6.33 Å². The van der Waals surface area contributed by atoms with Gasteiger partial charge in [-0.1, -0.05) is 25.7 Å². The van der Waals surface area contributed by atoms with Crippen LogP contribution in [-0.4, -0.2) is 35.3 Å². The number of hydrogen-bond acceptors (Lipinski definition) is 5. The van der Waals surface area contributed by atoms with Crippen LogP contribution in [0.1, 0.15) is 51.4 Å². The van der Waals surface area contributed by atoms with Gasteiger partial charge in [0.1, 0.15) is 18.0 Å². The van der Waals surface area contributed by atoms with Crippen molar-refractivity contribution in [3.8, 4) is 0 Å². The highest BCUT2D eigenvalue weighted by molar-refractivity contribution is 5.47. The second kappa shape index (κ2) is 7.59. The first kappa shape index (κ1) is 14.6. The minimum Gasteiger partial charge on any atom is -0.376 e. The van der Waals surface area contributed by atoms with Gasteiger partial charge < -0.3 is 15.4 Å². The molecule has 5 heteroatoms. The molecule has 21 heavy (non-hydrogen) atoms. The van der Waals surface area contributed by atoms with Crippen molar-refractivity contribution in [2.24, 2.45) is 0 Å². The van der Waals surface area contributed by atoms with Crippen LogP contribution in [0.15, 0.2) is 12.4 Å². The van der Waals surface area contributed by atoms with Crippen molar-refractivity contribution >= 4 is 11.6 Å². The average Bonchev–Trinajstić information content (AvgIpc) is 2.90. The van der Waals surface area contributed by atoms with Gasteiger partial charge in [-0.2, -0.15) is 0 Å². The van der Waals surface area contributed by atoms with Crippen molar-refractivity contribution in [3.05, 3.63) is 12.4 Å². The molecule has 2 heterocycles. The molecular weight excluding hydrogens is 264 g/mol. The minimum absolute atomic E-state index is 0.332. The number of nitrogens with one attached hydrogen (secondary N) is 2. The van der Waals surface area contributed by atoms with Crippen LogP contribution in [-0.2, 0) is 4.74 Å². The van der Waals surface area contributed by atoms with Gasteiger partial charge in [0, 0.05) is 25.3 Å². The number of nitrogens with zero attached hydrogens (tertiary/aromatic N) is 2. The van der Waals surface area contributed by atoms with E-state index in [-0.39, 0.29) is 0 Å². The standard InChI is InChI=1S/C16H26N4O/c1-2-4-7-13(6-3-1)20-16-10-15(18-12-19-16)17-11-14-8-5-9-21-14/h10,12-14H,1-9,11H2,(H2,17,18,19,20). The summed E-state index contributed by atoms with van der Waals surface area (Å²) in [6.45, 7) is 1.73. The van der Waals surface area contributed by atoms with Crippen LogP contribution in [0.3, 0.4) is 0 Å². The van der Waals surface area contributed by atoms with Gasteiger partial charge in [0.05, 0.1) is 6.10 Å². The van der Waals surface area contributed by atoms with E-state index in [2.05, 4.69) is 20.6 Å². The Kier molecular flexibility index (Phi) is 5.27. The SMILES string of the molecule is c1nc(NCC2CCCO2)cc(NC2CCCCCC2)n1. The number of rotatable bonds is 5. The van der Waals surface area contributed by atoms with E-state index in [4.69, 9.17) is 4.74 Å². The normalized spacial score (nSPS) is 23.7. The van der Waals surface area contributed by atoms with Gasteiger partial charge in [0.25, 0.3) is 0 Å². The summed E-state index contributed by atoms with van der Waals surface area (Å²) >= 11 is 0. The highest BCUT2D eigenvalue weighted by Crippen LogP contribution is 2.21. The molecule has 1 unspecified atom stereocenters. The number of ether oxygens (including phenoxy) is 1. The maximum absolute atomic E-state index is 5.62. The highest BCUT2D eigenvalue weighted by atomic mass is 16.5. The predicted octanol–water partition coefficient (Wildman–Crippen LogP) is 3.20. The summed E-state index contributed by atoms with van der Waals surface area (Å²) in [6, 6.07) is 2.58. The van der Waals surface area contributed by atoms with Crippen LogP contribution >= 0.6 is 0 Å². The van der Waals surface area contributed by atoms with Crippen molar-refractivity contribution < 1.29 is 4.74 Å². The molecule has 2 aliphatic rings. The van der Waals surface area contributed by atoms with E-state index in [1.165, 1.54) is 44.9 Å². The van der Waals surface area contributed by atoms with Gasteiger partial charge in [-0.25, -0.2) is 9.97 Å². The summed E-state index contributed by atoms with van der Waals surface area (Å²) < 4.78 is 5.62. The van der Waals surface area contributed by atoms with Gasteiger partial charge in [0.15, 0.2) is 0 Å². The van der Waals surface area contributed by atoms with Gasteiger partial charge in [-0.3, -0.25) is 0 Å². The lowest BCUT2D eigenvalue weighted by atomic mass is 10.1. The first-order valence-electron chi connectivity index (χ1n) is 8.34. The Bertz CT molecular complexity index is 426. The predicted molar refractivity (Wildman–Crippen MR) is 84.6 cm³/mol. The molecule has 1 saturated heterocycles. The maximum Gasteiger partial charge on any atom is 0.131 e. The van der Waals surface area contributed by atoms with E-state index < -0.39 is 0 Å². The Morgan fingerprint density at radius 2 is 1.81 bits per heavy atom. The molecule has 0 radical (unpaired) electrons. The Balaban J connectivity index is 1.52. The molecule has 2 fully saturated rings. The van der Waals surface area contributed by atoms with E-state index >= 15 is 0 Å². The van der Waals surface area contributed by atoms with Gasteiger partial charge in [-0.05, 0) is 25.7 Å². The van der Waals surface area contributed by atoms with Gasteiger partial charge in [0.2, 0.25) is 0 Å². The molecule has 3 rings (SSSR count). The molecule has 116 valence electrons. The summed E-state index contributed by atoms with van der Waals surface area (Å²) in [5, 5.41) is 6.93. The highest BCUT2D eigenvalue weighted by Gasteiger charge is 2.16. The Labute approximate surface area is 126 Å². The molecule has 1 aliphatic heterocycles. The lowest BCUT2D eigenvalue weighted by Gasteiger charge is -2.17. The van der Waals surface area contributed by atoms with Crippen LogP contribution in [0, 0.1) is 0 Å². The topological polar surface area (TPSA) is 59.1 Å². The Hall–Kier alpha value is -1.36. The lowest BCUT2D eigenvalue weighted by Crippen LogP contribution is -2.21. The van der Waals surface area contributed by atoms with E-state index in [1.807, 2.05) is 6.07 Å². The quantitative estimate of drug-likeness (QED) is 0.816. The monoisotopic (exact) mass is 290 g/mol. The minimum atomic E-state index is 0.332. The zero-order chi connectivity index (χ0) is 14.3. The van der Waals surface area contributed by atoms with Crippen LogP contribution in [0.25, 0.3) is 0 Å². The first-order valence-corrected chi connectivity index (χ1v) is 8.34. The summed E-state index contributed by atoms with van der Waals surface area (Å²) in [5.41, 5.74) is 0. The summed E-state index contributed by atoms with van der Waals surface area (Å²) in [4.78, 5) is 8.64. The van der Waals surface area contributed by atoms with Crippen LogP contribution < -0.4 is 10.6 Å². The van der Waals surface area contributed by atoms with Crippen LogP contribution in [0.5, 0.6) is 0 Å². The van der Waals surface area contributed by atoms with Gasteiger partial charge >= 0.3 is 0 Å². The van der Waals surface area contributed by atoms with E-state index in [9.17, 15) is 0 Å². The number of anilines is 2. The first-order chi connectivity index (χ1) is 10.4. The second-order valence-electron chi connectivity index (χ2n) is 6.14. The molecule has 0 aromatic carbocycles. The van der Waals surface area contributed by atoms with Crippen molar-refractivity contribution in [1.82, 2.24) is 9.97 Å². The molecular formula is C16H26N4O. The van der Waals surface area contributed by atoms with E-state index in [0.29, 0.717) is 12.1 Å². The fourth-order valence-electron chi connectivity index (χ4n) is 3.19. The maximum atomic E-state index is 5.62. The molecule has 0 amide bonds. The Morgan fingerprint density at radius 3 is 2.57 bits per heavy atom. The zero-order valence-electron chi connectivity index (χ0n) is 12.7. The molecule has 1 aromatic heterocycles. The fourth-order valence-corrected chi connectivity index (χ4v) is 3.19. The molecule has 5 nitrogen and oxygen atoms in total. The van der Waals surface area contributed by atoms with Crippen molar-refractivity contribution in [3.63, 3.8) is 0 Å². The largest absolute Gasteiger partial charge is 0.376 e. The van der Waals surface area contributed by atoms with Crippen molar-refractivity contribution in [2.75, 3.05) is 23.8 Å². The molecule has 1 atom stereocenters. The third-order valence-corrected chi connectivity index (χ3v) is 4.41. The van der Waals surface area contributed by atoms with Crippen LogP contribution in [0.4, 0.5) is 11.6 Å². The molecule has 0 bridgehead atoms. The Morgan fingerprint density at radius 1 is 1.00 bits per heavy atom.